The number of nitrogens with zero attached hydrogens (tertiary/aromatic N) is 3. The predicted octanol–water partition coefficient (Wildman–Crippen LogP) is 0.00782. The van der Waals surface area contributed by atoms with E-state index in [2.05, 4.69) is 15.3 Å². The number of aliphatic hydroxyl groups is 2. The predicted molar refractivity (Wildman–Crippen MR) is 67.3 cm³/mol. The molecule has 0 aliphatic rings. The molecule has 6 heteroatoms. The SMILES string of the molecule is CCNc1nc(C)cc(N(CCO)CCO)n1. The zero-order valence-electron chi connectivity index (χ0n) is 10.3. The molecule has 0 saturated heterocycles. The van der Waals surface area contributed by atoms with E-state index in [-0.39, 0.29) is 13.2 Å². The maximum Gasteiger partial charge on any atom is 0.224 e. The Morgan fingerprint density at radius 2 is 1.88 bits per heavy atom. The van der Waals surface area contributed by atoms with Crippen LogP contribution < -0.4 is 10.2 Å². The van der Waals surface area contributed by atoms with Crippen molar-refractivity contribution in [3.63, 3.8) is 0 Å². The van der Waals surface area contributed by atoms with Gasteiger partial charge in [0.15, 0.2) is 0 Å². The highest BCUT2D eigenvalue weighted by Gasteiger charge is 2.09. The molecule has 17 heavy (non-hydrogen) atoms. The van der Waals surface area contributed by atoms with Gasteiger partial charge in [-0.25, -0.2) is 4.98 Å². The van der Waals surface area contributed by atoms with Crippen LogP contribution in [-0.4, -0.2) is 53.0 Å². The van der Waals surface area contributed by atoms with Crippen LogP contribution in [0, 0.1) is 6.92 Å². The first-order valence-corrected chi connectivity index (χ1v) is 5.77. The summed E-state index contributed by atoms with van der Waals surface area (Å²) in [5.74, 6) is 1.29. The molecule has 0 atom stereocenters. The van der Waals surface area contributed by atoms with Crippen molar-refractivity contribution in [2.24, 2.45) is 0 Å². The highest BCUT2D eigenvalue weighted by molar-refractivity contribution is 5.44. The van der Waals surface area contributed by atoms with Crippen LogP contribution in [0.3, 0.4) is 0 Å². The van der Waals surface area contributed by atoms with E-state index in [0.717, 1.165) is 18.1 Å². The van der Waals surface area contributed by atoms with Crippen LogP contribution in [0.1, 0.15) is 12.6 Å². The molecule has 0 bridgehead atoms. The fraction of sp³-hybridized carbons (Fsp3) is 0.636. The molecule has 0 spiro atoms. The first-order valence-electron chi connectivity index (χ1n) is 5.77. The monoisotopic (exact) mass is 240 g/mol. The minimum atomic E-state index is 0.0274. The van der Waals surface area contributed by atoms with Crippen molar-refractivity contribution in [1.82, 2.24) is 9.97 Å². The molecular formula is C11H20N4O2. The third-order valence-electron chi connectivity index (χ3n) is 2.24. The summed E-state index contributed by atoms with van der Waals surface area (Å²) in [6.07, 6.45) is 0. The minimum absolute atomic E-state index is 0.0274. The molecule has 0 aliphatic heterocycles. The van der Waals surface area contributed by atoms with E-state index in [4.69, 9.17) is 10.2 Å². The number of aliphatic hydroxyl groups excluding tert-OH is 2. The molecule has 0 aromatic carbocycles. The summed E-state index contributed by atoms with van der Waals surface area (Å²) in [4.78, 5) is 10.4. The molecular weight excluding hydrogens is 220 g/mol. The number of hydrogen-bond donors (Lipinski definition) is 3. The summed E-state index contributed by atoms with van der Waals surface area (Å²) in [6, 6.07) is 1.84. The van der Waals surface area contributed by atoms with Gasteiger partial charge in [0.1, 0.15) is 5.82 Å². The van der Waals surface area contributed by atoms with E-state index in [0.29, 0.717) is 19.0 Å². The Bertz CT molecular complexity index is 340. The summed E-state index contributed by atoms with van der Waals surface area (Å²) in [5, 5.41) is 21.0. The van der Waals surface area contributed by atoms with Gasteiger partial charge >= 0.3 is 0 Å². The Balaban J connectivity index is 2.92. The third kappa shape index (κ3) is 4.16. The molecule has 1 rings (SSSR count). The zero-order chi connectivity index (χ0) is 12.7. The Kier molecular flexibility index (Phi) is 5.65. The largest absolute Gasteiger partial charge is 0.395 e. The second-order valence-electron chi connectivity index (χ2n) is 3.66. The van der Waals surface area contributed by atoms with Crippen LogP contribution in [0.25, 0.3) is 0 Å². The number of aromatic nitrogens is 2. The first-order chi connectivity index (χ1) is 8.21. The van der Waals surface area contributed by atoms with Gasteiger partial charge in [-0.15, -0.1) is 0 Å². The van der Waals surface area contributed by atoms with Crippen molar-refractivity contribution in [2.45, 2.75) is 13.8 Å². The number of aryl methyl sites for hydroxylation is 1. The Morgan fingerprint density at radius 3 is 2.41 bits per heavy atom. The molecule has 1 aromatic heterocycles. The molecule has 3 N–H and O–H groups in total. The van der Waals surface area contributed by atoms with E-state index in [1.54, 1.807) is 0 Å². The lowest BCUT2D eigenvalue weighted by Crippen LogP contribution is -2.30. The van der Waals surface area contributed by atoms with E-state index >= 15 is 0 Å². The van der Waals surface area contributed by atoms with Crippen LogP contribution in [-0.2, 0) is 0 Å². The van der Waals surface area contributed by atoms with Gasteiger partial charge in [0, 0.05) is 31.4 Å². The summed E-state index contributed by atoms with van der Waals surface area (Å²) in [6.45, 7) is 5.57. The molecule has 0 amide bonds. The summed E-state index contributed by atoms with van der Waals surface area (Å²) >= 11 is 0. The molecule has 6 nitrogen and oxygen atoms in total. The van der Waals surface area contributed by atoms with Crippen molar-refractivity contribution < 1.29 is 10.2 Å². The lowest BCUT2D eigenvalue weighted by molar-refractivity contribution is 0.280. The normalized spacial score (nSPS) is 10.4. The van der Waals surface area contributed by atoms with E-state index in [1.165, 1.54) is 0 Å². The average molecular weight is 240 g/mol. The lowest BCUT2D eigenvalue weighted by atomic mass is 10.3. The molecule has 1 aromatic rings. The second kappa shape index (κ2) is 7.03. The van der Waals surface area contributed by atoms with Gasteiger partial charge in [-0.2, -0.15) is 4.98 Å². The first kappa shape index (κ1) is 13.7. The fourth-order valence-electron chi connectivity index (χ4n) is 1.53. The van der Waals surface area contributed by atoms with Gasteiger partial charge in [-0.05, 0) is 13.8 Å². The molecule has 0 unspecified atom stereocenters. The summed E-state index contributed by atoms with van der Waals surface area (Å²) < 4.78 is 0. The fourth-order valence-corrected chi connectivity index (χ4v) is 1.53. The topological polar surface area (TPSA) is 81.5 Å². The van der Waals surface area contributed by atoms with Gasteiger partial charge in [0.2, 0.25) is 5.95 Å². The number of rotatable bonds is 7. The molecule has 1 heterocycles. The van der Waals surface area contributed by atoms with Crippen molar-refractivity contribution in [3.8, 4) is 0 Å². The standard InChI is InChI=1S/C11H20N4O2/c1-3-12-11-13-9(2)8-10(14-11)15(4-6-16)5-7-17/h8,16-17H,3-7H2,1-2H3,(H,12,13,14). The Morgan fingerprint density at radius 1 is 1.24 bits per heavy atom. The number of anilines is 2. The number of nitrogens with one attached hydrogen (secondary N) is 1. The van der Waals surface area contributed by atoms with Gasteiger partial charge < -0.3 is 20.4 Å². The van der Waals surface area contributed by atoms with Crippen LogP contribution >= 0.6 is 0 Å². The maximum absolute atomic E-state index is 8.98. The minimum Gasteiger partial charge on any atom is -0.395 e. The van der Waals surface area contributed by atoms with Crippen LogP contribution in [0.5, 0.6) is 0 Å². The van der Waals surface area contributed by atoms with Gasteiger partial charge in [-0.3, -0.25) is 0 Å². The Hall–Kier alpha value is -1.40. The van der Waals surface area contributed by atoms with Crippen molar-refractivity contribution in [3.05, 3.63) is 11.8 Å². The lowest BCUT2D eigenvalue weighted by Gasteiger charge is -2.22. The molecule has 96 valence electrons. The summed E-state index contributed by atoms with van der Waals surface area (Å²) in [7, 11) is 0. The number of hydrogen-bond acceptors (Lipinski definition) is 6. The molecule has 0 aliphatic carbocycles. The second-order valence-corrected chi connectivity index (χ2v) is 3.66. The van der Waals surface area contributed by atoms with Crippen LogP contribution in [0.15, 0.2) is 6.07 Å². The third-order valence-corrected chi connectivity index (χ3v) is 2.24. The van der Waals surface area contributed by atoms with Crippen LogP contribution in [0.2, 0.25) is 0 Å². The van der Waals surface area contributed by atoms with Gasteiger partial charge in [-0.1, -0.05) is 0 Å². The van der Waals surface area contributed by atoms with E-state index in [9.17, 15) is 0 Å². The quantitative estimate of drug-likeness (QED) is 0.623. The maximum atomic E-state index is 8.98. The smallest absolute Gasteiger partial charge is 0.224 e. The molecule has 0 fully saturated rings. The van der Waals surface area contributed by atoms with Gasteiger partial charge in [0.25, 0.3) is 0 Å². The van der Waals surface area contributed by atoms with Crippen molar-refractivity contribution in [2.75, 3.05) is 43.1 Å². The average Bonchev–Trinajstić information content (AvgIpc) is 2.28. The highest BCUT2D eigenvalue weighted by Crippen LogP contribution is 2.14. The Labute approximate surface area is 101 Å². The summed E-state index contributed by atoms with van der Waals surface area (Å²) in [5.41, 5.74) is 0.854. The molecule has 0 saturated carbocycles. The van der Waals surface area contributed by atoms with Crippen LogP contribution in [0.4, 0.5) is 11.8 Å². The van der Waals surface area contributed by atoms with E-state index < -0.39 is 0 Å². The van der Waals surface area contributed by atoms with Gasteiger partial charge in [0.05, 0.1) is 13.2 Å². The zero-order valence-corrected chi connectivity index (χ0v) is 10.3. The highest BCUT2D eigenvalue weighted by atomic mass is 16.3. The van der Waals surface area contributed by atoms with E-state index in [1.807, 2.05) is 24.8 Å². The van der Waals surface area contributed by atoms with Crippen molar-refractivity contribution in [1.29, 1.82) is 0 Å². The molecule has 0 radical (unpaired) electrons. The van der Waals surface area contributed by atoms with Crippen molar-refractivity contribution >= 4 is 11.8 Å².